The van der Waals surface area contributed by atoms with E-state index in [1.165, 1.54) is 33.0 Å². The van der Waals surface area contributed by atoms with Crippen molar-refractivity contribution in [3.8, 4) is 23.0 Å². The van der Waals surface area contributed by atoms with Crippen molar-refractivity contribution in [3.05, 3.63) is 76.4 Å². The largest absolute Gasteiger partial charge is 1.00 e. The van der Waals surface area contributed by atoms with Gasteiger partial charge in [0.25, 0.3) is 0 Å². The normalized spacial score (nSPS) is 13.4. The topological polar surface area (TPSA) is 40.8 Å². The number of nitrogens with zero attached hydrogens (tertiary/aromatic N) is 1. The lowest BCUT2D eigenvalue weighted by atomic mass is 9.88. The molecular formula is C29H23BrClNO4. The van der Waals surface area contributed by atoms with Crippen molar-refractivity contribution in [1.29, 1.82) is 0 Å². The summed E-state index contributed by atoms with van der Waals surface area (Å²) in [4.78, 5) is 0. The summed E-state index contributed by atoms with van der Waals surface area (Å²) < 4.78 is 25.7. The van der Waals surface area contributed by atoms with Gasteiger partial charge in [0.2, 0.25) is 12.3 Å². The van der Waals surface area contributed by atoms with E-state index in [0.717, 1.165) is 63.6 Å². The van der Waals surface area contributed by atoms with E-state index in [4.69, 9.17) is 30.5 Å². The van der Waals surface area contributed by atoms with Crippen molar-refractivity contribution in [1.82, 2.24) is 0 Å². The Balaban J connectivity index is 0.00000240. The molecule has 0 spiro atoms. The molecule has 3 heterocycles. The highest BCUT2D eigenvalue weighted by atomic mass is 79.9. The fourth-order valence-corrected chi connectivity index (χ4v) is 5.86. The van der Waals surface area contributed by atoms with Crippen LogP contribution in [0.25, 0.3) is 32.4 Å². The van der Waals surface area contributed by atoms with Gasteiger partial charge >= 0.3 is 0 Å². The van der Waals surface area contributed by atoms with E-state index >= 15 is 0 Å². The Morgan fingerprint density at radius 3 is 2.53 bits per heavy atom. The second-order valence-corrected chi connectivity index (χ2v) is 9.53. The van der Waals surface area contributed by atoms with Crippen LogP contribution < -0.4 is 40.5 Å². The van der Waals surface area contributed by atoms with Crippen LogP contribution in [0.2, 0.25) is 5.02 Å². The highest BCUT2D eigenvalue weighted by Crippen LogP contribution is 2.48. The van der Waals surface area contributed by atoms with Crippen LogP contribution in [0.5, 0.6) is 23.0 Å². The van der Waals surface area contributed by atoms with Crippen molar-refractivity contribution in [2.24, 2.45) is 0 Å². The summed E-state index contributed by atoms with van der Waals surface area (Å²) in [6, 6.07) is 16.7. The first-order chi connectivity index (χ1) is 17.2. The molecule has 0 saturated heterocycles. The van der Waals surface area contributed by atoms with Gasteiger partial charge in [-0.25, -0.2) is 0 Å². The van der Waals surface area contributed by atoms with E-state index in [2.05, 4.69) is 41.1 Å². The Hall–Kier alpha value is -3.22. The molecule has 36 heavy (non-hydrogen) atoms. The predicted molar refractivity (Wildman–Crippen MR) is 136 cm³/mol. The number of aromatic nitrogens is 1. The van der Waals surface area contributed by atoms with Gasteiger partial charge in [-0.15, -0.1) is 0 Å². The highest BCUT2D eigenvalue weighted by molar-refractivity contribution is 6.30. The SMILES string of the molecule is COc1ccc2c(c[n+]3c4c2cc(Cc2ccc(Cl)cc2)c2c5c(cc(c24)CC3)OCO5)c1OC.[Br-]. The zero-order valence-corrected chi connectivity index (χ0v) is 22.2. The fourth-order valence-electron chi connectivity index (χ4n) is 5.74. The monoisotopic (exact) mass is 563 g/mol. The molecule has 2 aliphatic heterocycles. The summed E-state index contributed by atoms with van der Waals surface area (Å²) in [5.41, 5.74) is 4.91. The second-order valence-electron chi connectivity index (χ2n) is 9.09. The molecule has 5 aromatic rings. The van der Waals surface area contributed by atoms with Crippen LogP contribution in [-0.4, -0.2) is 21.0 Å². The van der Waals surface area contributed by atoms with E-state index in [-0.39, 0.29) is 23.8 Å². The van der Waals surface area contributed by atoms with Crippen LogP contribution in [0, 0.1) is 0 Å². The van der Waals surface area contributed by atoms with E-state index < -0.39 is 0 Å². The summed E-state index contributed by atoms with van der Waals surface area (Å²) in [7, 11) is 3.37. The summed E-state index contributed by atoms with van der Waals surface area (Å²) in [5.74, 6) is 3.17. The average molecular weight is 565 g/mol. The van der Waals surface area contributed by atoms with Crippen LogP contribution in [0.1, 0.15) is 16.7 Å². The lowest BCUT2D eigenvalue weighted by Crippen LogP contribution is -3.00. The Labute approximate surface area is 223 Å². The maximum atomic E-state index is 6.17. The lowest BCUT2D eigenvalue weighted by molar-refractivity contribution is -0.670. The second kappa shape index (κ2) is 8.71. The Morgan fingerprint density at radius 2 is 1.75 bits per heavy atom. The van der Waals surface area contributed by atoms with Gasteiger partial charge in [0, 0.05) is 22.2 Å². The van der Waals surface area contributed by atoms with Gasteiger partial charge in [0.1, 0.15) is 0 Å². The lowest BCUT2D eigenvalue weighted by Gasteiger charge is -2.20. The van der Waals surface area contributed by atoms with Crippen molar-refractivity contribution in [3.63, 3.8) is 0 Å². The van der Waals surface area contributed by atoms with Crippen LogP contribution >= 0.6 is 11.6 Å². The van der Waals surface area contributed by atoms with Gasteiger partial charge < -0.3 is 35.9 Å². The molecule has 182 valence electrons. The third-order valence-electron chi connectivity index (χ3n) is 7.25. The number of methoxy groups -OCH3 is 2. The Kier molecular flexibility index (Phi) is 5.61. The number of halogens is 2. The van der Waals surface area contributed by atoms with Gasteiger partial charge in [-0.1, -0.05) is 23.7 Å². The van der Waals surface area contributed by atoms with Crippen LogP contribution in [0.15, 0.2) is 54.7 Å². The van der Waals surface area contributed by atoms with E-state index in [9.17, 15) is 0 Å². The number of pyridine rings is 1. The first kappa shape index (κ1) is 23.2. The molecule has 2 aliphatic rings. The first-order valence-corrected chi connectivity index (χ1v) is 12.1. The molecule has 0 radical (unpaired) electrons. The number of rotatable bonds is 4. The molecule has 0 bridgehead atoms. The van der Waals surface area contributed by atoms with E-state index in [0.29, 0.717) is 0 Å². The molecule has 5 nitrogen and oxygen atoms in total. The van der Waals surface area contributed by atoms with Gasteiger partial charge in [-0.2, -0.15) is 4.57 Å². The smallest absolute Gasteiger partial charge is 0.231 e. The van der Waals surface area contributed by atoms with Crippen LogP contribution in [0.4, 0.5) is 0 Å². The molecule has 0 fully saturated rings. The van der Waals surface area contributed by atoms with Gasteiger partial charge in [0.15, 0.2) is 35.7 Å². The minimum atomic E-state index is 0. The molecule has 1 aromatic heterocycles. The van der Waals surface area contributed by atoms with Crippen molar-refractivity contribution >= 4 is 44.0 Å². The van der Waals surface area contributed by atoms with Crippen molar-refractivity contribution in [2.75, 3.05) is 21.0 Å². The number of aryl methyl sites for hydroxylation is 2. The van der Waals surface area contributed by atoms with Gasteiger partial charge in [-0.05, 0) is 59.5 Å². The molecule has 0 atom stereocenters. The summed E-state index contributed by atoms with van der Waals surface area (Å²) in [6.07, 6.45) is 3.87. The molecule has 4 aromatic carbocycles. The summed E-state index contributed by atoms with van der Waals surface area (Å²) >= 11 is 6.17. The molecule has 0 saturated carbocycles. The predicted octanol–water partition coefficient (Wildman–Crippen LogP) is 2.98. The van der Waals surface area contributed by atoms with E-state index in [1.807, 2.05) is 18.2 Å². The molecule has 0 unspecified atom stereocenters. The van der Waals surface area contributed by atoms with Crippen molar-refractivity contribution in [2.45, 2.75) is 19.4 Å². The fraction of sp³-hybridized carbons (Fsp3) is 0.207. The molecule has 0 amide bonds. The number of ether oxygens (including phenoxy) is 4. The number of hydrogen-bond donors (Lipinski definition) is 0. The Bertz CT molecular complexity index is 1680. The molecule has 7 rings (SSSR count). The number of fused-ring (bicyclic) bond motifs is 4. The highest BCUT2D eigenvalue weighted by Gasteiger charge is 2.31. The summed E-state index contributed by atoms with van der Waals surface area (Å²) in [6.45, 7) is 1.13. The van der Waals surface area contributed by atoms with Gasteiger partial charge in [-0.3, -0.25) is 0 Å². The number of benzene rings is 4. The maximum absolute atomic E-state index is 6.17. The molecule has 0 N–H and O–H groups in total. The van der Waals surface area contributed by atoms with E-state index in [1.54, 1.807) is 14.2 Å². The maximum Gasteiger partial charge on any atom is 0.231 e. The third-order valence-corrected chi connectivity index (χ3v) is 7.50. The quantitative estimate of drug-likeness (QED) is 0.249. The zero-order valence-electron chi connectivity index (χ0n) is 19.9. The first-order valence-electron chi connectivity index (χ1n) is 11.7. The minimum Gasteiger partial charge on any atom is -1.00 e. The molecule has 0 aliphatic carbocycles. The number of hydrogen-bond acceptors (Lipinski definition) is 4. The van der Waals surface area contributed by atoms with Crippen LogP contribution in [0.3, 0.4) is 0 Å². The van der Waals surface area contributed by atoms with Crippen molar-refractivity contribution < 1.29 is 40.5 Å². The average Bonchev–Trinajstić information content (AvgIpc) is 3.35. The molecular weight excluding hydrogens is 542 g/mol. The minimum absolute atomic E-state index is 0. The summed E-state index contributed by atoms with van der Waals surface area (Å²) in [5, 5.41) is 6.50. The van der Waals surface area contributed by atoms with Crippen LogP contribution in [-0.2, 0) is 19.4 Å². The third kappa shape index (κ3) is 3.31. The standard InChI is InChI=1S/C29H23ClNO4.BrH/c1-32-23-8-7-20-21-12-18(11-16-3-5-19(30)6-4-16)26-25-17(13-24-29(26)35-15-34-24)9-10-31(27(21)25)14-22(20)28(23)33-2;/h3-8,12-14H,9-11,15H2,1-2H3;1H/q+1;/p-1. The zero-order chi connectivity index (χ0) is 23.7. The Morgan fingerprint density at radius 1 is 0.917 bits per heavy atom. The molecule has 7 heteroatoms. The van der Waals surface area contributed by atoms with Gasteiger partial charge in [0.05, 0.1) is 30.4 Å².